The molecule has 6 heterocycles. The Morgan fingerprint density at radius 3 is 2.78 bits per heavy atom. The number of nitrogens with one attached hydrogen (secondary N) is 2. The van der Waals surface area contributed by atoms with Crippen LogP contribution in [0, 0.1) is 13.8 Å². The summed E-state index contributed by atoms with van der Waals surface area (Å²) < 4.78 is 7.63. The van der Waals surface area contributed by atoms with E-state index in [9.17, 15) is 9.59 Å². The summed E-state index contributed by atoms with van der Waals surface area (Å²) in [6.45, 7) is 6.58. The van der Waals surface area contributed by atoms with Crippen LogP contribution in [0.25, 0.3) is 11.0 Å². The highest BCUT2D eigenvalue weighted by atomic mass is 16.5. The second kappa shape index (κ2) is 9.07. The minimum Gasteiger partial charge on any atom is -0.379 e. The van der Waals surface area contributed by atoms with Crippen molar-refractivity contribution < 1.29 is 14.3 Å². The van der Waals surface area contributed by atoms with Crippen LogP contribution in [0.2, 0.25) is 0 Å². The van der Waals surface area contributed by atoms with Gasteiger partial charge in [0.15, 0.2) is 0 Å². The molecule has 0 saturated carbocycles. The molecule has 0 radical (unpaired) electrons. The van der Waals surface area contributed by atoms with Crippen LogP contribution in [0.15, 0.2) is 18.3 Å². The Kier molecular flexibility index (Phi) is 5.84. The first kappa shape index (κ1) is 23.8. The van der Waals surface area contributed by atoms with Gasteiger partial charge in [0, 0.05) is 18.5 Å². The molecule has 0 aromatic carbocycles. The van der Waals surface area contributed by atoms with E-state index >= 15 is 0 Å². The fourth-order valence-corrected chi connectivity index (χ4v) is 6.17. The highest BCUT2D eigenvalue weighted by Crippen LogP contribution is 2.35. The molecular weight excluding hydrogens is 472 g/mol. The van der Waals surface area contributed by atoms with E-state index in [0.29, 0.717) is 42.9 Å². The molecule has 3 aliphatic heterocycles. The van der Waals surface area contributed by atoms with Crippen LogP contribution in [0.3, 0.4) is 0 Å². The molecule has 3 saturated heterocycles. The molecule has 2 amide bonds. The fraction of sp³-hybridized carbons (Fsp3) is 0.500. The van der Waals surface area contributed by atoms with Gasteiger partial charge in [0.1, 0.15) is 22.7 Å². The van der Waals surface area contributed by atoms with Crippen molar-refractivity contribution in [2.24, 2.45) is 5.73 Å². The molecular formula is C26H32N8O3. The van der Waals surface area contributed by atoms with Crippen molar-refractivity contribution in [3.63, 3.8) is 0 Å². The Hall–Kier alpha value is -3.57. The Balaban J connectivity index is 1.30. The van der Waals surface area contributed by atoms with Gasteiger partial charge >= 0.3 is 0 Å². The molecule has 4 N–H and O–H groups in total. The number of aromatic nitrogens is 4. The van der Waals surface area contributed by atoms with Crippen LogP contribution in [-0.4, -0.2) is 63.2 Å². The molecule has 2 unspecified atom stereocenters. The van der Waals surface area contributed by atoms with E-state index in [4.69, 9.17) is 15.5 Å². The number of hydrogen-bond acceptors (Lipinski definition) is 8. The Morgan fingerprint density at radius 2 is 2.11 bits per heavy atom. The zero-order chi connectivity index (χ0) is 25.7. The second-order valence-electron chi connectivity index (χ2n) is 10.3. The lowest BCUT2D eigenvalue weighted by Gasteiger charge is -2.25. The number of aryl methyl sites for hydroxylation is 2. The lowest BCUT2D eigenvalue weighted by molar-refractivity contribution is -0.122. The van der Waals surface area contributed by atoms with Crippen LogP contribution in [0.5, 0.6) is 0 Å². The summed E-state index contributed by atoms with van der Waals surface area (Å²) in [7, 11) is 0. The van der Waals surface area contributed by atoms with Gasteiger partial charge in [-0.3, -0.25) is 9.59 Å². The molecule has 37 heavy (non-hydrogen) atoms. The van der Waals surface area contributed by atoms with Gasteiger partial charge in [0.05, 0.1) is 30.2 Å². The SMILES string of the molecule is Cc1nc(Nc2ccc(N3CCC4(CCCN4)C3=O)cn2)nc2c1c(C)c(C(N)=O)n2C1CCCOC1. The number of anilines is 3. The molecule has 0 aliphatic carbocycles. The summed E-state index contributed by atoms with van der Waals surface area (Å²) in [6.07, 6.45) is 6.23. The number of amides is 2. The maximum absolute atomic E-state index is 13.1. The Labute approximate surface area is 214 Å². The second-order valence-corrected chi connectivity index (χ2v) is 10.3. The third-order valence-corrected chi connectivity index (χ3v) is 7.96. The standard InChI is InChI=1S/C26H32N8O3/c1-15-20-16(2)30-25(32-23(20)34(21(15)22(27)35)18-5-3-12-37-14-18)31-19-7-6-17(13-28-19)33-11-9-26(24(33)36)8-4-10-29-26/h6-7,13,18,29H,3-5,8-12,14H2,1-2H3,(H2,27,35)(H,28,30,31,32). The van der Waals surface area contributed by atoms with E-state index in [1.807, 2.05) is 35.4 Å². The van der Waals surface area contributed by atoms with Gasteiger partial charge in [-0.05, 0) is 70.2 Å². The normalized spacial score (nSPS) is 23.9. The quantitative estimate of drug-likeness (QED) is 0.481. The number of nitrogens with zero attached hydrogens (tertiary/aromatic N) is 5. The molecule has 3 aliphatic rings. The van der Waals surface area contributed by atoms with Crippen LogP contribution in [0.4, 0.5) is 17.5 Å². The first-order valence-corrected chi connectivity index (χ1v) is 12.9. The third kappa shape index (κ3) is 3.93. The van der Waals surface area contributed by atoms with Gasteiger partial charge in [-0.25, -0.2) is 9.97 Å². The number of carbonyl (C=O) groups is 2. The number of nitrogens with two attached hydrogens (primary N) is 1. The minimum atomic E-state index is -0.488. The largest absolute Gasteiger partial charge is 0.379 e. The van der Waals surface area contributed by atoms with Gasteiger partial charge in [0.25, 0.3) is 5.91 Å². The van der Waals surface area contributed by atoms with Crippen molar-refractivity contribution in [2.75, 3.05) is 36.5 Å². The smallest absolute Gasteiger partial charge is 0.265 e. The first-order valence-electron chi connectivity index (χ1n) is 12.9. The molecule has 3 fully saturated rings. The van der Waals surface area contributed by atoms with Crippen LogP contribution in [-0.2, 0) is 9.53 Å². The maximum Gasteiger partial charge on any atom is 0.265 e. The van der Waals surface area contributed by atoms with Gasteiger partial charge in [-0.1, -0.05) is 0 Å². The van der Waals surface area contributed by atoms with Crippen LogP contribution < -0.4 is 21.3 Å². The number of primary amides is 1. The van der Waals surface area contributed by atoms with Crippen molar-refractivity contribution in [3.8, 4) is 0 Å². The number of carbonyl (C=O) groups excluding carboxylic acids is 2. The van der Waals surface area contributed by atoms with E-state index in [2.05, 4.69) is 20.6 Å². The van der Waals surface area contributed by atoms with Crippen molar-refractivity contribution in [1.82, 2.24) is 24.8 Å². The van der Waals surface area contributed by atoms with E-state index in [-0.39, 0.29) is 11.9 Å². The fourth-order valence-electron chi connectivity index (χ4n) is 6.17. The van der Waals surface area contributed by atoms with E-state index in [1.165, 1.54) is 0 Å². The lowest BCUT2D eigenvalue weighted by atomic mass is 9.96. The molecule has 1 spiro atoms. The average Bonchev–Trinajstić information content (AvgIpc) is 3.58. The monoisotopic (exact) mass is 504 g/mol. The number of ether oxygens (including phenoxy) is 1. The topological polar surface area (TPSA) is 140 Å². The summed E-state index contributed by atoms with van der Waals surface area (Å²) in [4.78, 5) is 41.3. The predicted molar refractivity (Wildman–Crippen MR) is 139 cm³/mol. The highest BCUT2D eigenvalue weighted by molar-refractivity contribution is 6.03. The van der Waals surface area contributed by atoms with Crippen LogP contribution in [0.1, 0.15) is 59.9 Å². The molecule has 3 aromatic heterocycles. The molecule has 3 aromatic rings. The Morgan fingerprint density at radius 1 is 1.24 bits per heavy atom. The minimum absolute atomic E-state index is 0.0253. The molecule has 2 atom stereocenters. The zero-order valence-corrected chi connectivity index (χ0v) is 21.2. The zero-order valence-electron chi connectivity index (χ0n) is 21.2. The molecule has 0 bridgehead atoms. The van der Waals surface area contributed by atoms with Gasteiger partial charge in [0.2, 0.25) is 11.9 Å². The number of rotatable bonds is 5. The molecule has 11 nitrogen and oxygen atoms in total. The maximum atomic E-state index is 13.1. The summed E-state index contributed by atoms with van der Waals surface area (Å²) in [5, 5.41) is 7.43. The number of fused-ring (bicyclic) bond motifs is 1. The Bertz CT molecular complexity index is 1370. The van der Waals surface area contributed by atoms with Crippen molar-refractivity contribution in [3.05, 3.63) is 35.3 Å². The number of pyridine rings is 1. The summed E-state index contributed by atoms with van der Waals surface area (Å²) in [5.41, 5.74) is 8.82. The predicted octanol–water partition coefficient (Wildman–Crippen LogP) is 2.50. The third-order valence-electron chi connectivity index (χ3n) is 7.96. The van der Waals surface area contributed by atoms with Gasteiger partial charge in [-0.15, -0.1) is 0 Å². The highest BCUT2D eigenvalue weighted by Gasteiger charge is 2.48. The molecule has 194 valence electrons. The molecule has 6 rings (SSSR count). The van der Waals surface area contributed by atoms with Crippen molar-refractivity contribution in [2.45, 2.75) is 57.5 Å². The lowest BCUT2D eigenvalue weighted by Crippen LogP contribution is -2.47. The summed E-state index contributed by atoms with van der Waals surface area (Å²) in [5.74, 6) is 0.584. The van der Waals surface area contributed by atoms with E-state index in [0.717, 1.165) is 61.0 Å². The van der Waals surface area contributed by atoms with Crippen molar-refractivity contribution in [1.29, 1.82) is 0 Å². The van der Waals surface area contributed by atoms with Gasteiger partial charge < -0.3 is 30.6 Å². The van der Waals surface area contributed by atoms with E-state index in [1.54, 1.807) is 6.20 Å². The summed E-state index contributed by atoms with van der Waals surface area (Å²) >= 11 is 0. The van der Waals surface area contributed by atoms with E-state index < -0.39 is 11.4 Å². The van der Waals surface area contributed by atoms with Crippen LogP contribution >= 0.6 is 0 Å². The summed E-state index contributed by atoms with van der Waals surface area (Å²) in [6, 6.07) is 3.69. The van der Waals surface area contributed by atoms with Crippen molar-refractivity contribution >= 4 is 40.3 Å². The molecule has 11 heteroatoms. The van der Waals surface area contributed by atoms with Gasteiger partial charge in [-0.2, -0.15) is 4.98 Å². The average molecular weight is 505 g/mol. The number of hydrogen-bond donors (Lipinski definition) is 3. The first-order chi connectivity index (χ1) is 17.9.